The molecule has 0 saturated carbocycles. The summed E-state index contributed by atoms with van der Waals surface area (Å²) in [5.74, 6) is 0.486. The lowest BCUT2D eigenvalue weighted by atomic mass is 10.0. The van der Waals surface area contributed by atoms with Crippen LogP contribution in [0.4, 0.5) is 24.9 Å². The molecule has 1 unspecified atom stereocenters. The van der Waals surface area contributed by atoms with E-state index in [9.17, 15) is 18.3 Å². The molecule has 2 heterocycles. The second-order valence-electron chi connectivity index (χ2n) is 6.98. The minimum absolute atomic E-state index is 0.0874. The van der Waals surface area contributed by atoms with Crippen molar-refractivity contribution in [3.63, 3.8) is 0 Å². The molecule has 0 aliphatic rings. The van der Waals surface area contributed by atoms with Crippen molar-refractivity contribution in [3.8, 4) is 10.6 Å². The fourth-order valence-electron chi connectivity index (χ4n) is 3.01. The Morgan fingerprint density at radius 3 is 2.57 bits per heavy atom. The molecule has 1 atom stereocenters. The number of alkyl halides is 3. The van der Waals surface area contributed by atoms with Gasteiger partial charge in [0.2, 0.25) is 5.95 Å². The Morgan fingerprint density at radius 2 is 1.90 bits per heavy atom. The summed E-state index contributed by atoms with van der Waals surface area (Å²) in [6.45, 7) is 3.13. The monoisotopic (exact) mass is 439 g/mol. The highest BCUT2D eigenvalue weighted by Crippen LogP contribution is 2.36. The molecule has 3 rings (SSSR count). The maximum atomic E-state index is 12.6. The smallest absolute Gasteiger partial charge is 0.396 e. The van der Waals surface area contributed by atoms with Gasteiger partial charge >= 0.3 is 6.18 Å². The van der Waals surface area contributed by atoms with Crippen molar-refractivity contribution in [1.29, 1.82) is 0 Å². The zero-order valence-electron chi connectivity index (χ0n) is 16.8. The summed E-state index contributed by atoms with van der Waals surface area (Å²) in [7, 11) is 0. The van der Waals surface area contributed by atoms with E-state index in [1.54, 1.807) is 6.92 Å². The number of aryl methyl sites for hydroxylation is 1. The van der Waals surface area contributed by atoms with E-state index in [1.165, 1.54) is 11.3 Å². The fraction of sp³-hybridized carbons (Fsp3) is 0.450. The lowest BCUT2D eigenvalue weighted by molar-refractivity contribution is -0.115. The Labute approximate surface area is 176 Å². The zero-order chi connectivity index (χ0) is 21.7. The molecule has 30 heavy (non-hydrogen) atoms. The SMILES string of the molecule is CCC(CO)CCNc1nc(NCC(F)(F)F)nc(C)c1-c1nc2ccccc2s1. The number of aromatic nitrogens is 3. The maximum absolute atomic E-state index is 12.6. The van der Waals surface area contributed by atoms with Crippen molar-refractivity contribution in [2.24, 2.45) is 5.92 Å². The molecule has 3 aromatic rings. The van der Waals surface area contributed by atoms with Crippen LogP contribution in [0.25, 0.3) is 20.8 Å². The van der Waals surface area contributed by atoms with Gasteiger partial charge in [0.05, 0.1) is 21.5 Å². The first-order valence-corrected chi connectivity index (χ1v) is 10.5. The molecule has 0 spiro atoms. The summed E-state index contributed by atoms with van der Waals surface area (Å²) in [4.78, 5) is 13.2. The first-order valence-electron chi connectivity index (χ1n) is 9.70. The number of thiazole rings is 1. The molecular formula is C20H24F3N5OS. The number of benzene rings is 1. The number of nitrogens with zero attached hydrogens (tertiary/aromatic N) is 3. The van der Waals surface area contributed by atoms with Crippen LogP contribution in [0.2, 0.25) is 0 Å². The van der Waals surface area contributed by atoms with Crippen LogP contribution in [-0.2, 0) is 0 Å². The zero-order valence-corrected chi connectivity index (χ0v) is 17.6. The predicted octanol–water partition coefficient (Wildman–Crippen LogP) is 4.86. The van der Waals surface area contributed by atoms with Crippen LogP contribution >= 0.6 is 11.3 Å². The molecular weight excluding hydrogens is 415 g/mol. The third kappa shape index (κ3) is 5.57. The Kier molecular flexibility index (Phi) is 7.09. The second kappa shape index (κ2) is 9.57. The van der Waals surface area contributed by atoms with Crippen LogP contribution in [0.15, 0.2) is 24.3 Å². The van der Waals surface area contributed by atoms with E-state index >= 15 is 0 Å². The average molecular weight is 440 g/mol. The molecule has 10 heteroatoms. The van der Waals surface area contributed by atoms with Gasteiger partial charge in [0.15, 0.2) is 0 Å². The number of aliphatic hydroxyl groups excluding tert-OH is 1. The van der Waals surface area contributed by atoms with Crippen LogP contribution in [0.3, 0.4) is 0 Å². The first kappa shape index (κ1) is 22.2. The highest BCUT2D eigenvalue weighted by Gasteiger charge is 2.27. The minimum atomic E-state index is -4.37. The number of rotatable bonds is 9. The predicted molar refractivity (Wildman–Crippen MR) is 114 cm³/mol. The number of nitrogens with one attached hydrogen (secondary N) is 2. The average Bonchev–Trinajstić information content (AvgIpc) is 3.12. The van der Waals surface area contributed by atoms with Crippen LogP contribution in [0.5, 0.6) is 0 Å². The Hall–Kier alpha value is -2.46. The topological polar surface area (TPSA) is 83.0 Å². The quantitative estimate of drug-likeness (QED) is 0.442. The lowest BCUT2D eigenvalue weighted by Gasteiger charge is -2.16. The molecule has 6 nitrogen and oxygen atoms in total. The summed E-state index contributed by atoms with van der Waals surface area (Å²) < 4.78 is 38.8. The molecule has 2 aromatic heterocycles. The Balaban J connectivity index is 1.94. The highest BCUT2D eigenvalue weighted by molar-refractivity contribution is 7.21. The minimum Gasteiger partial charge on any atom is -0.396 e. The van der Waals surface area contributed by atoms with Crippen LogP contribution in [0.1, 0.15) is 25.5 Å². The van der Waals surface area contributed by atoms with Crippen molar-refractivity contribution in [2.75, 3.05) is 30.3 Å². The number of hydrogen-bond donors (Lipinski definition) is 3. The van der Waals surface area contributed by atoms with Gasteiger partial charge in [-0.05, 0) is 31.4 Å². The first-order chi connectivity index (χ1) is 14.3. The van der Waals surface area contributed by atoms with E-state index in [0.717, 1.165) is 16.6 Å². The van der Waals surface area contributed by atoms with Crippen molar-refractivity contribution in [1.82, 2.24) is 15.0 Å². The van der Waals surface area contributed by atoms with Gasteiger partial charge < -0.3 is 15.7 Å². The van der Waals surface area contributed by atoms with Gasteiger partial charge in [0.25, 0.3) is 0 Å². The largest absolute Gasteiger partial charge is 0.405 e. The van der Waals surface area contributed by atoms with Gasteiger partial charge in [-0.25, -0.2) is 9.97 Å². The molecule has 0 aliphatic heterocycles. The van der Waals surface area contributed by atoms with E-state index in [0.29, 0.717) is 35.0 Å². The van der Waals surface area contributed by atoms with Crippen molar-refractivity contribution >= 4 is 33.3 Å². The normalized spacial score (nSPS) is 12.9. The van der Waals surface area contributed by atoms with E-state index < -0.39 is 12.7 Å². The molecule has 0 aliphatic carbocycles. The van der Waals surface area contributed by atoms with Gasteiger partial charge in [0.1, 0.15) is 17.4 Å². The number of para-hydroxylation sites is 1. The molecule has 0 radical (unpaired) electrons. The highest BCUT2D eigenvalue weighted by atomic mass is 32.1. The molecule has 0 saturated heterocycles. The van der Waals surface area contributed by atoms with E-state index in [4.69, 9.17) is 0 Å². The van der Waals surface area contributed by atoms with Gasteiger partial charge in [-0.1, -0.05) is 25.5 Å². The number of aliphatic hydroxyl groups is 1. The summed E-state index contributed by atoms with van der Waals surface area (Å²) in [6.07, 6.45) is -2.82. The van der Waals surface area contributed by atoms with E-state index in [-0.39, 0.29) is 18.5 Å². The van der Waals surface area contributed by atoms with Gasteiger partial charge in [0, 0.05) is 13.2 Å². The van der Waals surface area contributed by atoms with Crippen LogP contribution in [-0.4, -0.2) is 45.9 Å². The van der Waals surface area contributed by atoms with E-state index in [2.05, 4.69) is 25.6 Å². The number of anilines is 2. The van der Waals surface area contributed by atoms with Crippen LogP contribution < -0.4 is 10.6 Å². The van der Waals surface area contributed by atoms with Gasteiger partial charge in [-0.2, -0.15) is 18.2 Å². The summed E-state index contributed by atoms with van der Waals surface area (Å²) in [5, 5.41) is 15.6. The summed E-state index contributed by atoms with van der Waals surface area (Å²) in [5.41, 5.74) is 2.05. The number of fused-ring (bicyclic) bond motifs is 1. The van der Waals surface area contributed by atoms with Crippen LogP contribution in [0, 0.1) is 12.8 Å². The van der Waals surface area contributed by atoms with Crippen molar-refractivity contribution < 1.29 is 18.3 Å². The molecule has 0 bridgehead atoms. The standard InChI is InChI=1S/C20H24F3N5OS/c1-3-13(10-29)8-9-24-17-16(18-27-14-6-4-5-7-15(14)30-18)12(2)26-19(28-17)25-11-20(21,22)23/h4-7,13,29H,3,8-11H2,1-2H3,(H2,24,25,26,28). The second-order valence-corrected chi connectivity index (χ2v) is 8.01. The number of hydrogen-bond acceptors (Lipinski definition) is 7. The third-order valence-electron chi connectivity index (χ3n) is 4.73. The van der Waals surface area contributed by atoms with Gasteiger partial charge in [-0.3, -0.25) is 0 Å². The number of halogens is 3. The third-order valence-corrected chi connectivity index (χ3v) is 5.78. The fourth-order valence-corrected chi connectivity index (χ4v) is 4.08. The Bertz CT molecular complexity index is 955. The molecule has 0 amide bonds. The maximum Gasteiger partial charge on any atom is 0.405 e. The lowest BCUT2D eigenvalue weighted by Crippen LogP contribution is -2.23. The summed E-state index contributed by atoms with van der Waals surface area (Å²) >= 11 is 1.48. The van der Waals surface area contributed by atoms with Crippen molar-refractivity contribution in [2.45, 2.75) is 32.9 Å². The van der Waals surface area contributed by atoms with Crippen molar-refractivity contribution in [3.05, 3.63) is 30.0 Å². The Morgan fingerprint density at radius 1 is 1.13 bits per heavy atom. The molecule has 1 aromatic carbocycles. The van der Waals surface area contributed by atoms with Gasteiger partial charge in [-0.15, -0.1) is 11.3 Å². The molecule has 3 N–H and O–H groups in total. The molecule has 162 valence electrons. The summed E-state index contributed by atoms with van der Waals surface area (Å²) in [6, 6.07) is 7.70. The van der Waals surface area contributed by atoms with E-state index in [1.807, 2.05) is 31.2 Å². The molecule has 0 fully saturated rings.